The van der Waals surface area contributed by atoms with Gasteiger partial charge in [0.15, 0.2) is 0 Å². The summed E-state index contributed by atoms with van der Waals surface area (Å²) in [6.07, 6.45) is 1.41. The predicted molar refractivity (Wildman–Crippen MR) is 66.8 cm³/mol. The maximum absolute atomic E-state index is 11.2. The second-order valence-corrected chi connectivity index (χ2v) is 3.79. The first kappa shape index (κ1) is 13.0. The highest BCUT2D eigenvalue weighted by Gasteiger charge is 2.04. The minimum atomic E-state index is -0.120. The molecule has 1 aromatic rings. The van der Waals surface area contributed by atoms with Crippen molar-refractivity contribution in [2.24, 2.45) is 0 Å². The average molecular weight is 238 g/mol. The smallest absolute Gasteiger partial charge is 0.316 e. The molecule has 1 aromatic heterocycles. The van der Waals surface area contributed by atoms with E-state index in [1.807, 2.05) is 6.92 Å². The van der Waals surface area contributed by atoms with E-state index in [9.17, 15) is 4.79 Å². The molecular formula is C10H18N6O. The van der Waals surface area contributed by atoms with Gasteiger partial charge in [0.2, 0.25) is 0 Å². The predicted octanol–water partition coefficient (Wildman–Crippen LogP) is 0.0503. The van der Waals surface area contributed by atoms with Crippen molar-refractivity contribution in [3.63, 3.8) is 0 Å². The quantitative estimate of drug-likeness (QED) is 0.644. The third-order valence-corrected chi connectivity index (χ3v) is 2.22. The lowest BCUT2D eigenvalue weighted by Crippen LogP contribution is -2.37. The first-order chi connectivity index (χ1) is 8.02. The Balaban J connectivity index is 2.36. The van der Waals surface area contributed by atoms with Crippen LogP contribution in [0.25, 0.3) is 0 Å². The summed E-state index contributed by atoms with van der Waals surface area (Å²) in [6.45, 7) is 2.94. The largest absolute Gasteiger partial charge is 0.383 e. The summed E-state index contributed by atoms with van der Waals surface area (Å²) in [7, 11) is 3.38. The number of carbonyl (C=O) groups excluding carboxylic acids is 1. The molecule has 1 heterocycles. The highest BCUT2D eigenvalue weighted by Crippen LogP contribution is 2.13. The summed E-state index contributed by atoms with van der Waals surface area (Å²) in [4.78, 5) is 20.6. The van der Waals surface area contributed by atoms with Crippen molar-refractivity contribution >= 4 is 17.7 Å². The highest BCUT2D eigenvalue weighted by atomic mass is 16.2. The van der Waals surface area contributed by atoms with Crippen molar-refractivity contribution in [1.82, 2.24) is 20.2 Å². The minimum absolute atomic E-state index is 0.120. The zero-order valence-corrected chi connectivity index (χ0v) is 10.3. The molecule has 0 atom stereocenters. The number of nitrogens with zero attached hydrogens (tertiary/aromatic N) is 3. The lowest BCUT2D eigenvalue weighted by Gasteiger charge is -2.13. The van der Waals surface area contributed by atoms with Gasteiger partial charge < -0.3 is 21.3 Å². The summed E-state index contributed by atoms with van der Waals surface area (Å²) < 4.78 is 0. The number of rotatable bonds is 4. The van der Waals surface area contributed by atoms with Crippen molar-refractivity contribution in [2.45, 2.75) is 6.92 Å². The molecule has 7 heteroatoms. The fraction of sp³-hybridized carbons (Fsp3) is 0.500. The Morgan fingerprint density at radius 2 is 2.12 bits per heavy atom. The van der Waals surface area contributed by atoms with Crippen LogP contribution >= 0.6 is 0 Å². The van der Waals surface area contributed by atoms with Crippen LogP contribution < -0.4 is 16.4 Å². The molecule has 0 aliphatic carbocycles. The summed E-state index contributed by atoms with van der Waals surface area (Å²) in [5.41, 5.74) is 6.46. The Hall–Kier alpha value is -2.05. The second-order valence-electron chi connectivity index (χ2n) is 3.79. The Bertz CT molecular complexity index is 392. The summed E-state index contributed by atoms with van der Waals surface area (Å²) in [5, 5.41) is 5.82. The minimum Gasteiger partial charge on any atom is -0.383 e. The van der Waals surface area contributed by atoms with Gasteiger partial charge in [-0.25, -0.2) is 14.8 Å². The summed E-state index contributed by atoms with van der Waals surface area (Å²) in [6, 6.07) is -0.120. The normalized spacial score (nSPS) is 9.82. The first-order valence-corrected chi connectivity index (χ1v) is 5.28. The first-order valence-electron chi connectivity index (χ1n) is 5.28. The van der Waals surface area contributed by atoms with Gasteiger partial charge in [0.05, 0.1) is 0 Å². The van der Waals surface area contributed by atoms with Crippen LogP contribution in [0.2, 0.25) is 0 Å². The van der Waals surface area contributed by atoms with E-state index >= 15 is 0 Å². The van der Waals surface area contributed by atoms with E-state index in [1.54, 1.807) is 14.1 Å². The number of nitrogens with one attached hydrogen (secondary N) is 2. The van der Waals surface area contributed by atoms with E-state index in [0.717, 1.165) is 5.56 Å². The Labute approximate surface area is 100 Å². The third-order valence-electron chi connectivity index (χ3n) is 2.22. The fourth-order valence-electron chi connectivity index (χ4n) is 1.15. The van der Waals surface area contributed by atoms with Crippen molar-refractivity contribution in [2.75, 3.05) is 38.2 Å². The van der Waals surface area contributed by atoms with Crippen molar-refractivity contribution < 1.29 is 4.79 Å². The van der Waals surface area contributed by atoms with Crippen LogP contribution in [-0.2, 0) is 0 Å². The van der Waals surface area contributed by atoms with E-state index in [-0.39, 0.29) is 6.03 Å². The van der Waals surface area contributed by atoms with Crippen LogP contribution in [-0.4, -0.2) is 48.1 Å². The number of anilines is 2. The maximum atomic E-state index is 11.2. The van der Waals surface area contributed by atoms with Gasteiger partial charge in [0.1, 0.15) is 18.0 Å². The molecule has 0 aromatic carbocycles. The number of aromatic nitrogens is 2. The van der Waals surface area contributed by atoms with Gasteiger partial charge in [0, 0.05) is 32.7 Å². The van der Waals surface area contributed by atoms with Crippen molar-refractivity contribution in [3.8, 4) is 0 Å². The molecule has 1 rings (SSSR count). The number of nitrogen functional groups attached to an aromatic ring is 1. The van der Waals surface area contributed by atoms with E-state index in [1.165, 1.54) is 11.2 Å². The molecule has 2 amide bonds. The van der Waals surface area contributed by atoms with E-state index in [4.69, 9.17) is 5.73 Å². The summed E-state index contributed by atoms with van der Waals surface area (Å²) >= 11 is 0. The van der Waals surface area contributed by atoms with Gasteiger partial charge in [-0.2, -0.15) is 0 Å². The maximum Gasteiger partial charge on any atom is 0.316 e. The van der Waals surface area contributed by atoms with E-state index < -0.39 is 0 Å². The van der Waals surface area contributed by atoms with Crippen LogP contribution in [0.4, 0.5) is 16.4 Å². The zero-order chi connectivity index (χ0) is 12.8. The molecule has 0 unspecified atom stereocenters. The standard InChI is InChI=1S/C10H18N6O/c1-7-8(11)14-6-15-9(7)12-4-5-13-10(17)16(2)3/h6H,4-5H2,1-3H3,(H,13,17)(H3,11,12,14,15). The van der Waals surface area contributed by atoms with E-state index in [0.29, 0.717) is 24.7 Å². The third kappa shape index (κ3) is 3.78. The molecule has 94 valence electrons. The molecule has 0 saturated heterocycles. The Morgan fingerprint density at radius 1 is 1.41 bits per heavy atom. The number of hydrogen-bond acceptors (Lipinski definition) is 5. The number of hydrogen-bond donors (Lipinski definition) is 3. The highest BCUT2D eigenvalue weighted by molar-refractivity contribution is 5.73. The molecule has 0 fully saturated rings. The topological polar surface area (TPSA) is 96.2 Å². The van der Waals surface area contributed by atoms with Crippen LogP contribution in [0, 0.1) is 6.92 Å². The number of carbonyl (C=O) groups is 1. The molecule has 0 aliphatic rings. The van der Waals surface area contributed by atoms with Crippen LogP contribution in [0.5, 0.6) is 0 Å². The zero-order valence-electron chi connectivity index (χ0n) is 10.3. The fourth-order valence-corrected chi connectivity index (χ4v) is 1.15. The van der Waals surface area contributed by atoms with Crippen LogP contribution in [0.15, 0.2) is 6.33 Å². The van der Waals surface area contributed by atoms with Gasteiger partial charge >= 0.3 is 6.03 Å². The Kier molecular flexibility index (Phi) is 4.50. The lowest BCUT2D eigenvalue weighted by molar-refractivity contribution is 0.218. The molecule has 4 N–H and O–H groups in total. The van der Waals surface area contributed by atoms with Gasteiger partial charge in [-0.15, -0.1) is 0 Å². The lowest BCUT2D eigenvalue weighted by atomic mass is 10.3. The second kappa shape index (κ2) is 5.88. The molecule has 17 heavy (non-hydrogen) atoms. The molecule has 0 bridgehead atoms. The van der Waals surface area contributed by atoms with Crippen LogP contribution in [0.1, 0.15) is 5.56 Å². The molecule has 0 spiro atoms. The number of amides is 2. The van der Waals surface area contributed by atoms with Crippen molar-refractivity contribution in [1.29, 1.82) is 0 Å². The molecule has 0 aliphatic heterocycles. The molecule has 0 saturated carbocycles. The molecule has 7 nitrogen and oxygen atoms in total. The van der Waals surface area contributed by atoms with Gasteiger partial charge in [-0.3, -0.25) is 0 Å². The van der Waals surface area contributed by atoms with Crippen LogP contribution in [0.3, 0.4) is 0 Å². The van der Waals surface area contributed by atoms with Crippen molar-refractivity contribution in [3.05, 3.63) is 11.9 Å². The SMILES string of the molecule is Cc1c(N)ncnc1NCCNC(=O)N(C)C. The average Bonchev–Trinajstić information content (AvgIpc) is 2.29. The van der Waals surface area contributed by atoms with E-state index in [2.05, 4.69) is 20.6 Å². The number of urea groups is 1. The molecule has 0 radical (unpaired) electrons. The monoisotopic (exact) mass is 238 g/mol. The van der Waals surface area contributed by atoms with Gasteiger partial charge in [-0.05, 0) is 6.92 Å². The summed E-state index contributed by atoms with van der Waals surface area (Å²) in [5.74, 6) is 1.15. The molecular weight excluding hydrogens is 220 g/mol. The van der Waals surface area contributed by atoms with Gasteiger partial charge in [0.25, 0.3) is 0 Å². The van der Waals surface area contributed by atoms with Gasteiger partial charge in [-0.1, -0.05) is 0 Å². The number of nitrogens with two attached hydrogens (primary N) is 1. The Morgan fingerprint density at radius 3 is 2.76 bits per heavy atom.